The lowest BCUT2D eigenvalue weighted by atomic mass is 9.46. The lowest BCUT2D eigenvalue weighted by molar-refractivity contribution is -0.175. The summed E-state index contributed by atoms with van der Waals surface area (Å²) in [5.41, 5.74) is 5.74. The number of allylic oxidation sites excluding steroid dienone is 1. The van der Waals surface area contributed by atoms with Crippen LogP contribution in [-0.2, 0) is 14.3 Å². The molecule has 0 aliphatic heterocycles. The molecule has 3 fully saturated rings. The van der Waals surface area contributed by atoms with Gasteiger partial charge in [-0.3, -0.25) is 14.4 Å². The third kappa shape index (κ3) is 6.79. The fourth-order valence-corrected chi connectivity index (χ4v) is 10.5. The van der Waals surface area contributed by atoms with Crippen molar-refractivity contribution in [1.82, 2.24) is 0 Å². The van der Waals surface area contributed by atoms with Crippen LogP contribution in [0.2, 0.25) is 0 Å². The van der Waals surface area contributed by atoms with E-state index in [1.807, 2.05) is 0 Å². The minimum Gasteiger partial charge on any atom is -0.507 e. The maximum Gasteiger partial charge on any atom is 0.306 e. The molecular formula is C38H56N2O7. The van der Waals surface area contributed by atoms with Gasteiger partial charge in [0.2, 0.25) is 5.91 Å². The number of nitrogens with two attached hydrogens (primary N) is 1. The SMILES string of the molecule is CC(C)CCC[C@](C)(OC(=O)CCC(=O)Nc1ccc(O)c(C(N)=O)c1O)C1CCC2C3CC=C4C[C@@H](O)CC[C@]4(C)C3CC[C@@]21C. The first-order valence-electron chi connectivity index (χ1n) is 17.8. The number of anilines is 1. The van der Waals surface area contributed by atoms with Gasteiger partial charge >= 0.3 is 5.97 Å². The van der Waals surface area contributed by atoms with Gasteiger partial charge in [0.1, 0.15) is 16.9 Å². The van der Waals surface area contributed by atoms with E-state index < -0.39 is 40.4 Å². The van der Waals surface area contributed by atoms with Crippen LogP contribution in [0.15, 0.2) is 23.8 Å². The number of aliphatic hydroxyl groups excluding tert-OH is 1. The van der Waals surface area contributed by atoms with Crippen molar-refractivity contribution in [3.05, 3.63) is 29.3 Å². The third-order valence-electron chi connectivity index (χ3n) is 12.8. The molecule has 5 rings (SSSR count). The monoisotopic (exact) mass is 652 g/mol. The highest BCUT2D eigenvalue weighted by molar-refractivity contribution is 6.02. The van der Waals surface area contributed by atoms with E-state index in [0.29, 0.717) is 23.7 Å². The van der Waals surface area contributed by atoms with Crippen LogP contribution in [0, 0.1) is 40.4 Å². The number of hydrogen-bond acceptors (Lipinski definition) is 7. The van der Waals surface area contributed by atoms with Gasteiger partial charge < -0.3 is 31.1 Å². The molecule has 0 spiro atoms. The molecule has 4 aliphatic rings. The number of phenols is 2. The van der Waals surface area contributed by atoms with Crippen molar-refractivity contribution in [3.8, 4) is 11.5 Å². The minimum atomic E-state index is -1.03. The van der Waals surface area contributed by atoms with Gasteiger partial charge in [-0.1, -0.05) is 45.8 Å². The fourth-order valence-electron chi connectivity index (χ4n) is 10.5. The minimum absolute atomic E-state index is 0.0514. The third-order valence-corrected chi connectivity index (χ3v) is 12.8. The molecule has 0 aromatic heterocycles. The Balaban J connectivity index is 1.28. The Morgan fingerprint density at radius 3 is 2.51 bits per heavy atom. The highest BCUT2D eigenvalue weighted by atomic mass is 16.6. The zero-order chi connectivity index (χ0) is 34.3. The second-order valence-electron chi connectivity index (χ2n) is 16.2. The molecule has 1 aromatic rings. The van der Waals surface area contributed by atoms with E-state index in [1.54, 1.807) is 0 Å². The van der Waals surface area contributed by atoms with Crippen LogP contribution in [0.3, 0.4) is 0 Å². The number of carbonyl (C=O) groups is 3. The van der Waals surface area contributed by atoms with Crippen molar-refractivity contribution in [2.24, 2.45) is 46.2 Å². The smallest absolute Gasteiger partial charge is 0.306 e. The molecule has 4 aliphatic carbocycles. The summed E-state index contributed by atoms with van der Waals surface area (Å²) in [5.74, 6) is -0.518. The number of amides is 2. The van der Waals surface area contributed by atoms with E-state index in [4.69, 9.17) is 10.5 Å². The van der Waals surface area contributed by atoms with E-state index in [0.717, 1.165) is 76.7 Å². The zero-order valence-electron chi connectivity index (χ0n) is 28.9. The Hall–Kier alpha value is -3.07. The Bertz CT molecular complexity index is 1410. The number of nitrogens with one attached hydrogen (secondary N) is 1. The lowest BCUT2D eigenvalue weighted by Crippen LogP contribution is -2.53. The number of aliphatic hydroxyl groups is 1. The molecule has 2 amide bonds. The summed E-state index contributed by atoms with van der Waals surface area (Å²) in [6.07, 6.45) is 13.0. The first-order chi connectivity index (χ1) is 22.1. The van der Waals surface area contributed by atoms with Crippen molar-refractivity contribution in [2.75, 3.05) is 5.32 Å². The average molecular weight is 653 g/mol. The zero-order valence-corrected chi connectivity index (χ0v) is 28.9. The topological polar surface area (TPSA) is 159 Å². The van der Waals surface area contributed by atoms with Crippen LogP contribution < -0.4 is 11.1 Å². The van der Waals surface area contributed by atoms with E-state index in [1.165, 1.54) is 11.6 Å². The van der Waals surface area contributed by atoms with Gasteiger partial charge in [-0.05, 0) is 118 Å². The predicted octanol–water partition coefficient (Wildman–Crippen LogP) is 6.98. The molecule has 1 aromatic carbocycles. The Morgan fingerprint density at radius 1 is 1.06 bits per heavy atom. The predicted molar refractivity (Wildman–Crippen MR) is 181 cm³/mol. The molecule has 260 valence electrons. The van der Waals surface area contributed by atoms with Crippen LogP contribution in [0.1, 0.15) is 128 Å². The number of ether oxygens (including phenoxy) is 1. The number of esters is 1. The molecule has 8 atom stereocenters. The van der Waals surface area contributed by atoms with Crippen LogP contribution >= 0.6 is 0 Å². The van der Waals surface area contributed by atoms with Gasteiger partial charge in [0.25, 0.3) is 5.91 Å². The summed E-state index contributed by atoms with van der Waals surface area (Å²) in [4.78, 5) is 37.9. The van der Waals surface area contributed by atoms with Crippen molar-refractivity contribution in [2.45, 2.75) is 130 Å². The summed E-state index contributed by atoms with van der Waals surface area (Å²) >= 11 is 0. The van der Waals surface area contributed by atoms with E-state index >= 15 is 0 Å². The summed E-state index contributed by atoms with van der Waals surface area (Å²) in [5, 5.41) is 33.1. The molecule has 4 unspecified atom stereocenters. The van der Waals surface area contributed by atoms with Gasteiger partial charge in [-0.25, -0.2) is 0 Å². The van der Waals surface area contributed by atoms with Crippen molar-refractivity contribution < 1.29 is 34.4 Å². The van der Waals surface area contributed by atoms with Crippen molar-refractivity contribution >= 4 is 23.5 Å². The molecule has 6 N–H and O–H groups in total. The molecule has 0 saturated heterocycles. The molecule has 47 heavy (non-hydrogen) atoms. The maximum atomic E-state index is 13.5. The second kappa shape index (κ2) is 13.4. The van der Waals surface area contributed by atoms with Crippen molar-refractivity contribution in [1.29, 1.82) is 0 Å². The summed E-state index contributed by atoms with van der Waals surface area (Å²) in [6, 6.07) is 2.43. The molecule has 0 heterocycles. The first kappa shape index (κ1) is 35.2. The summed E-state index contributed by atoms with van der Waals surface area (Å²) in [7, 11) is 0. The van der Waals surface area contributed by atoms with E-state index in [9.17, 15) is 29.7 Å². The number of rotatable bonds is 11. The van der Waals surface area contributed by atoms with E-state index in [-0.39, 0.29) is 41.4 Å². The Morgan fingerprint density at radius 2 is 1.81 bits per heavy atom. The highest BCUT2D eigenvalue weighted by Crippen LogP contribution is 2.68. The molecule has 0 radical (unpaired) electrons. The van der Waals surface area contributed by atoms with Crippen LogP contribution in [0.5, 0.6) is 11.5 Å². The van der Waals surface area contributed by atoms with Crippen LogP contribution in [0.4, 0.5) is 5.69 Å². The van der Waals surface area contributed by atoms with Gasteiger partial charge in [0.15, 0.2) is 5.75 Å². The highest BCUT2D eigenvalue weighted by Gasteiger charge is 2.62. The number of primary amides is 1. The average Bonchev–Trinajstić information content (AvgIpc) is 3.36. The standard InChI is InChI=1S/C38H56N2O7/c1-22(2)7-6-18-38(5,47-32(44)15-14-31(43)40-28-11-12-29(42)33(34(28)45)35(39)46)30-13-10-26-25-9-8-23-21-24(41)16-19-36(23,3)27(25)17-20-37(26,30)4/h8,11-12,22,24-27,30,41-42,45H,6-7,9-10,13-21H2,1-5H3,(H2,39,46)(H,40,43)/t24-,25?,26?,27?,30?,36-,37-,38-/m0/s1. The number of benzene rings is 1. The number of carbonyl (C=O) groups excluding carboxylic acids is 3. The largest absolute Gasteiger partial charge is 0.507 e. The quantitative estimate of drug-likeness (QED) is 0.0746. The first-order valence-corrected chi connectivity index (χ1v) is 17.8. The maximum absolute atomic E-state index is 13.5. The Kier molecular flexibility index (Phi) is 10.1. The molecular weight excluding hydrogens is 596 g/mol. The van der Waals surface area contributed by atoms with Crippen LogP contribution in [0.25, 0.3) is 0 Å². The number of hydrogen-bond donors (Lipinski definition) is 5. The lowest BCUT2D eigenvalue weighted by Gasteiger charge is -2.59. The summed E-state index contributed by atoms with van der Waals surface area (Å²) < 4.78 is 6.46. The van der Waals surface area contributed by atoms with Gasteiger partial charge in [0.05, 0.1) is 18.2 Å². The summed E-state index contributed by atoms with van der Waals surface area (Å²) in [6.45, 7) is 11.4. The number of aromatic hydroxyl groups is 2. The van der Waals surface area contributed by atoms with Gasteiger partial charge in [-0.15, -0.1) is 0 Å². The Labute approximate surface area is 279 Å². The molecule has 9 heteroatoms. The molecule has 3 saturated carbocycles. The normalized spacial score (nSPS) is 32.7. The molecule has 9 nitrogen and oxygen atoms in total. The van der Waals surface area contributed by atoms with Gasteiger partial charge in [-0.2, -0.15) is 0 Å². The van der Waals surface area contributed by atoms with Crippen LogP contribution in [-0.4, -0.2) is 44.8 Å². The van der Waals surface area contributed by atoms with E-state index in [2.05, 4.69) is 46.0 Å². The number of fused-ring (bicyclic) bond motifs is 5. The van der Waals surface area contributed by atoms with Crippen molar-refractivity contribution in [3.63, 3.8) is 0 Å². The van der Waals surface area contributed by atoms with Gasteiger partial charge in [0, 0.05) is 12.3 Å². The molecule has 0 bridgehead atoms. The second-order valence-corrected chi connectivity index (χ2v) is 16.2. The fraction of sp³-hybridized carbons (Fsp3) is 0.711.